The molecule has 0 saturated carbocycles. The van der Waals surface area contributed by atoms with E-state index in [1.165, 1.54) is 0 Å². The highest BCUT2D eigenvalue weighted by Gasteiger charge is 2.58. The van der Waals surface area contributed by atoms with Crippen molar-refractivity contribution in [2.45, 2.75) is 219 Å². The Kier molecular flexibility index (Phi) is 24.3. The van der Waals surface area contributed by atoms with E-state index in [4.69, 9.17) is 52.1 Å². The smallest absolute Gasteiger partial charge is 0.217 e. The highest BCUT2D eigenvalue weighted by molar-refractivity contribution is 5.75. The number of aliphatic hydroxyl groups excluding tert-OH is 15. The van der Waals surface area contributed by atoms with E-state index >= 15 is 0 Å². The van der Waals surface area contributed by atoms with Gasteiger partial charge in [0.05, 0.1) is 39.6 Å². The molecule has 0 aliphatic carbocycles. The lowest BCUT2D eigenvalue weighted by atomic mass is 9.93. The van der Waals surface area contributed by atoms with Crippen LogP contribution in [0.4, 0.5) is 0 Å². The second-order valence-electron chi connectivity index (χ2n) is 20.4. The van der Waals surface area contributed by atoms with E-state index in [0.717, 1.165) is 34.6 Å². The van der Waals surface area contributed by atoms with E-state index in [0.29, 0.717) is 0 Å². The van der Waals surface area contributed by atoms with Crippen LogP contribution in [0.25, 0.3) is 0 Å². The molecule has 0 aromatic rings. The normalized spacial score (nSPS) is 45.3. The van der Waals surface area contributed by atoms with Gasteiger partial charge in [-0.15, -0.1) is 0 Å². The average Bonchev–Trinajstić information content (AvgIpc) is 3.53. The topological polar surface area (TPSA) is 550 Å². The summed E-state index contributed by atoms with van der Waals surface area (Å²) in [7, 11) is 0. The number of amides is 5. The zero-order chi connectivity index (χ0) is 60.8. The summed E-state index contributed by atoms with van der Waals surface area (Å²) < 4.78 is 64.7. The van der Waals surface area contributed by atoms with Crippen LogP contribution in [0.1, 0.15) is 34.6 Å². The van der Waals surface area contributed by atoms with E-state index in [1.807, 2.05) is 0 Å². The molecular weight excluding hydrogens is 1120 g/mol. The van der Waals surface area contributed by atoms with Gasteiger partial charge >= 0.3 is 0 Å². The predicted molar refractivity (Wildman–Crippen MR) is 257 cm³/mol. The van der Waals surface area contributed by atoms with Crippen LogP contribution < -0.4 is 26.6 Å². The maximum Gasteiger partial charge on any atom is 0.217 e. The molecule has 1 unspecified atom stereocenters. The fraction of sp³-hybridized carbons (Fsp3) is 0.891. The third-order valence-electron chi connectivity index (χ3n) is 14.4. The van der Waals surface area contributed by atoms with E-state index < -0.39 is 253 Å². The Morgan fingerprint density at radius 2 is 0.512 bits per heavy atom. The molecule has 82 heavy (non-hydrogen) atoms. The van der Waals surface area contributed by atoms with Gasteiger partial charge in [-0.1, -0.05) is 0 Å². The lowest BCUT2D eigenvalue weighted by Crippen LogP contribution is -2.72. The molecule has 472 valence electrons. The number of aliphatic hydroxyl groups is 15. The summed E-state index contributed by atoms with van der Waals surface area (Å²) in [6, 6.07) is -8.46. The van der Waals surface area contributed by atoms with Gasteiger partial charge in [-0.2, -0.15) is 0 Å². The molecule has 6 aliphatic rings. The minimum atomic E-state index is -2.06. The second-order valence-corrected chi connectivity index (χ2v) is 20.4. The lowest BCUT2D eigenvalue weighted by molar-refractivity contribution is -0.372. The van der Waals surface area contributed by atoms with Crippen molar-refractivity contribution in [2.75, 3.05) is 39.6 Å². The number of nitrogens with one attached hydrogen (secondary N) is 5. The molecule has 6 heterocycles. The van der Waals surface area contributed by atoms with E-state index in [-0.39, 0.29) is 0 Å². The molecule has 6 saturated heterocycles. The van der Waals surface area contributed by atoms with E-state index in [2.05, 4.69) is 26.6 Å². The van der Waals surface area contributed by atoms with Crippen LogP contribution in [0.15, 0.2) is 0 Å². The first-order chi connectivity index (χ1) is 38.7. The molecule has 36 heteroatoms. The molecular formula is C46H77N5O31. The summed E-state index contributed by atoms with van der Waals surface area (Å²) in [6.07, 6.45) is -45.6. The fourth-order valence-electron chi connectivity index (χ4n) is 10.6. The summed E-state index contributed by atoms with van der Waals surface area (Å²) in [5.41, 5.74) is 0. The molecule has 5 amide bonds. The highest BCUT2D eigenvalue weighted by Crippen LogP contribution is 2.37. The zero-order valence-corrected chi connectivity index (χ0v) is 44.8. The van der Waals surface area contributed by atoms with Crippen molar-refractivity contribution in [3.05, 3.63) is 0 Å². The largest absolute Gasteiger partial charge is 0.394 e. The number of hydrogen-bond donors (Lipinski definition) is 20. The number of ether oxygens (including phenoxy) is 11. The molecule has 30 atom stereocenters. The molecule has 6 aliphatic heterocycles. The third-order valence-corrected chi connectivity index (χ3v) is 14.4. The van der Waals surface area contributed by atoms with Gasteiger partial charge < -0.3 is 155 Å². The monoisotopic (exact) mass is 1200 g/mol. The molecule has 0 radical (unpaired) electrons. The van der Waals surface area contributed by atoms with Crippen molar-refractivity contribution >= 4 is 29.5 Å². The number of rotatable bonds is 21. The van der Waals surface area contributed by atoms with Crippen molar-refractivity contribution in [3.63, 3.8) is 0 Å². The summed E-state index contributed by atoms with van der Waals surface area (Å²) in [5.74, 6) is -4.01. The Hall–Kier alpha value is -3.69. The van der Waals surface area contributed by atoms with Gasteiger partial charge in [-0.25, -0.2) is 0 Å². The number of carbonyl (C=O) groups excluding carboxylic acids is 5. The van der Waals surface area contributed by atoms with Crippen LogP contribution in [-0.4, -0.2) is 330 Å². The third kappa shape index (κ3) is 15.3. The van der Waals surface area contributed by atoms with Crippen LogP contribution >= 0.6 is 0 Å². The van der Waals surface area contributed by atoms with Gasteiger partial charge in [0.25, 0.3) is 0 Å². The van der Waals surface area contributed by atoms with Crippen LogP contribution in [0.5, 0.6) is 0 Å². The molecule has 0 spiro atoms. The van der Waals surface area contributed by atoms with Crippen LogP contribution in [0.2, 0.25) is 0 Å². The quantitative estimate of drug-likeness (QED) is 0.0507. The van der Waals surface area contributed by atoms with E-state index in [1.54, 1.807) is 0 Å². The van der Waals surface area contributed by atoms with Crippen molar-refractivity contribution in [1.29, 1.82) is 0 Å². The van der Waals surface area contributed by atoms with Crippen molar-refractivity contribution in [1.82, 2.24) is 26.6 Å². The summed E-state index contributed by atoms with van der Waals surface area (Å²) in [6.45, 7) is -0.640. The first-order valence-electron chi connectivity index (χ1n) is 26.1. The summed E-state index contributed by atoms with van der Waals surface area (Å²) >= 11 is 0. The first kappa shape index (κ1) is 67.4. The summed E-state index contributed by atoms with van der Waals surface area (Å²) in [4.78, 5) is 62.6. The lowest BCUT2D eigenvalue weighted by Gasteiger charge is -2.51. The minimum absolute atomic E-state index is 0.703. The van der Waals surface area contributed by atoms with Crippen molar-refractivity contribution < 1.29 is 153 Å². The fourth-order valence-corrected chi connectivity index (χ4v) is 10.6. The van der Waals surface area contributed by atoms with E-state index in [9.17, 15) is 101 Å². The van der Waals surface area contributed by atoms with Gasteiger partial charge in [0.15, 0.2) is 37.7 Å². The Bertz CT molecular complexity index is 2110. The molecule has 20 N–H and O–H groups in total. The van der Waals surface area contributed by atoms with Crippen molar-refractivity contribution in [3.8, 4) is 0 Å². The average molecular weight is 1200 g/mol. The molecule has 0 bridgehead atoms. The SMILES string of the molecule is CC(=O)N[C@H]1[C@H](O[C@H]2[C@H](O)[C@@H](NC(C)=O)[C@H](O[C@H]3[C@H](O)[C@@H](NC(C)=O)[C@H](O[C@H]4[C@H](O)[C@@H](NC(C)=O)[C@H](O[C@H]5[C@H](O)[C@@H](NC(C)=O)C(O)O[C@@H]5CO)O[C@@H]4CO)O[C@@H]3CO)O[C@@H]2CO)O[C@H](CO)[C@@H](O[C@@H]2O[C@H](CO)[C@H](O)[C@H](O)[C@H]2O)[C@@H]1O. The van der Waals surface area contributed by atoms with Crippen LogP contribution in [0.3, 0.4) is 0 Å². The molecule has 0 aromatic heterocycles. The Morgan fingerprint density at radius 1 is 0.293 bits per heavy atom. The Morgan fingerprint density at radius 3 is 0.768 bits per heavy atom. The first-order valence-corrected chi connectivity index (χ1v) is 26.1. The predicted octanol–water partition coefficient (Wildman–Crippen LogP) is -13.4. The highest BCUT2D eigenvalue weighted by atomic mass is 16.8. The van der Waals surface area contributed by atoms with Crippen LogP contribution in [0, 0.1) is 0 Å². The standard InChI is InChI=1S/C46H77N5O31/c1-12(58)47-23-29(64)36(18(7-53)72-41(23)71)78-42-24(48-13(2)59)30(65)37(19(8-54)74-42)79-43-25(49-14(3)60)31(66)38(20(9-55)75-43)80-44-26(50-15(4)61)32(67)39(21(10-56)76-44)81-45-27(51-16(5)62)33(68)40(22(11-57)77-45)82-46-35(70)34(69)28(63)17(6-52)73-46/h17-46,52-57,63-71H,6-11H2,1-5H3,(H,47,58)(H,48,59)(H,49,60)(H,50,61)(H,51,62)/t17-,18-,19-,20-,21-,22-,23-,24-,25-,26-,27-,28+,29-,30-,31-,32-,33-,34+,35-,36-,37-,38-,39-,40-,41?,42+,43+,44+,45+,46+/m1/s1. The second kappa shape index (κ2) is 29.6. The molecule has 6 rings (SSSR count). The maximum absolute atomic E-state index is 12.8. The zero-order valence-electron chi connectivity index (χ0n) is 44.8. The Labute approximate surface area is 466 Å². The molecule has 6 fully saturated rings. The summed E-state index contributed by atoms with van der Waals surface area (Å²) in [5, 5.41) is 175. The van der Waals surface area contributed by atoms with Crippen LogP contribution in [-0.2, 0) is 76.1 Å². The van der Waals surface area contributed by atoms with Gasteiger partial charge in [0.2, 0.25) is 29.5 Å². The molecule has 36 nitrogen and oxygen atoms in total. The van der Waals surface area contributed by atoms with Gasteiger partial charge in [0.1, 0.15) is 146 Å². The molecule has 0 aromatic carbocycles. The minimum Gasteiger partial charge on any atom is -0.394 e. The van der Waals surface area contributed by atoms with Gasteiger partial charge in [-0.05, 0) is 0 Å². The van der Waals surface area contributed by atoms with Gasteiger partial charge in [-0.3, -0.25) is 24.0 Å². The number of carbonyl (C=O) groups is 5. The Balaban J connectivity index is 1.22. The number of hydrogen-bond acceptors (Lipinski definition) is 31. The van der Waals surface area contributed by atoms with Gasteiger partial charge in [0, 0.05) is 34.6 Å². The maximum atomic E-state index is 12.8. The van der Waals surface area contributed by atoms with Crippen molar-refractivity contribution in [2.24, 2.45) is 0 Å².